The third-order valence-corrected chi connectivity index (χ3v) is 4.22. The largest absolute Gasteiger partial charge is 0.478 e. The third-order valence-electron chi connectivity index (χ3n) is 4.22. The normalized spacial score (nSPS) is 19.3. The van der Waals surface area contributed by atoms with E-state index in [1.165, 1.54) is 17.0 Å². The minimum atomic E-state index is -1.32. The number of rotatable bonds is 1. The zero-order valence-electron chi connectivity index (χ0n) is 12.6. The number of Topliss-reactive ketones (excluding diaryl/α,β-unsaturated/α-hetero) is 2. The lowest BCUT2D eigenvalue weighted by molar-refractivity contribution is -0.135. The molecule has 23 heavy (non-hydrogen) atoms. The van der Waals surface area contributed by atoms with Crippen molar-refractivity contribution in [2.24, 2.45) is 0 Å². The highest BCUT2D eigenvalue weighted by atomic mass is 19.1. The van der Waals surface area contributed by atoms with E-state index in [9.17, 15) is 18.8 Å². The molecule has 2 heterocycles. The van der Waals surface area contributed by atoms with E-state index in [1.807, 2.05) is 0 Å². The van der Waals surface area contributed by atoms with E-state index < -0.39 is 29.1 Å². The standard InChI is InChI=1S/C16H16FNO5/c1-2-22-15(21)18-8-6-16(7-9-18)14(20)13(19)12-10(17)4-3-5-11(12)23-16/h3-5H,2,6-9H2,1H3. The number of carbonyl (C=O) groups excluding carboxylic acids is 3. The van der Waals surface area contributed by atoms with Crippen LogP contribution in [-0.4, -0.2) is 47.9 Å². The number of hydrogen-bond acceptors (Lipinski definition) is 5. The number of likely N-dealkylation sites (tertiary alicyclic amines) is 1. The van der Waals surface area contributed by atoms with Crippen molar-refractivity contribution >= 4 is 17.7 Å². The van der Waals surface area contributed by atoms with Crippen LogP contribution in [0.4, 0.5) is 9.18 Å². The lowest BCUT2D eigenvalue weighted by Crippen LogP contribution is -2.58. The zero-order chi connectivity index (χ0) is 16.6. The molecule has 122 valence electrons. The average Bonchev–Trinajstić information content (AvgIpc) is 2.53. The first-order valence-corrected chi connectivity index (χ1v) is 7.47. The van der Waals surface area contributed by atoms with Gasteiger partial charge in [0.05, 0.1) is 6.61 Å². The van der Waals surface area contributed by atoms with Gasteiger partial charge in [0.15, 0.2) is 5.60 Å². The number of carbonyl (C=O) groups is 3. The van der Waals surface area contributed by atoms with Crippen molar-refractivity contribution in [1.82, 2.24) is 4.90 Å². The van der Waals surface area contributed by atoms with Crippen LogP contribution in [0.5, 0.6) is 5.75 Å². The molecule has 0 unspecified atom stereocenters. The first kappa shape index (κ1) is 15.5. The van der Waals surface area contributed by atoms with E-state index in [1.54, 1.807) is 6.92 Å². The zero-order valence-corrected chi connectivity index (χ0v) is 12.6. The highest BCUT2D eigenvalue weighted by molar-refractivity contribution is 6.47. The number of benzene rings is 1. The number of fused-ring (bicyclic) bond motifs is 1. The summed E-state index contributed by atoms with van der Waals surface area (Å²) < 4.78 is 24.4. The van der Waals surface area contributed by atoms with Gasteiger partial charge in [-0.15, -0.1) is 0 Å². The summed E-state index contributed by atoms with van der Waals surface area (Å²) in [7, 11) is 0. The molecule has 2 aliphatic rings. The lowest BCUT2D eigenvalue weighted by atomic mass is 9.81. The minimum absolute atomic E-state index is 0.0826. The molecular weight excluding hydrogens is 305 g/mol. The first-order chi connectivity index (χ1) is 11.0. The number of amides is 1. The summed E-state index contributed by atoms with van der Waals surface area (Å²) in [5.41, 5.74) is -1.63. The summed E-state index contributed by atoms with van der Waals surface area (Å²) in [4.78, 5) is 37.9. The van der Waals surface area contributed by atoms with Crippen LogP contribution in [0.25, 0.3) is 0 Å². The van der Waals surface area contributed by atoms with E-state index in [4.69, 9.17) is 9.47 Å². The van der Waals surface area contributed by atoms with E-state index in [2.05, 4.69) is 0 Å². The van der Waals surface area contributed by atoms with Gasteiger partial charge in [0.1, 0.15) is 17.1 Å². The van der Waals surface area contributed by atoms with E-state index >= 15 is 0 Å². The molecular formula is C16H16FNO5. The fourth-order valence-corrected chi connectivity index (χ4v) is 2.98. The second-order valence-electron chi connectivity index (χ2n) is 5.55. The van der Waals surface area contributed by atoms with Crippen LogP contribution >= 0.6 is 0 Å². The smallest absolute Gasteiger partial charge is 0.409 e. The molecule has 0 aliphatic carbocycles. The van der Waals surface area contributed by atoms with Crippen molar-refractivity contribution in [2.75, 3.05) is 19.7 Å². The average molecular weight is 321 g/mol. The van der Waals surface area contributed by atoms with E-state index in [0.29, 0.717) is 0 Å². The molecule has 2 aliphatic heterocycles. The van der Waals surface area contributed by atoms with Crippen LogP contribution in [0.1, 0.15) is 30.1 Å². The Morgan fingerprint density at radius 3 is 2.70 bits per heavy atom. The molecule has 0 N–H and O–H groups in total. The number of nitrogens with zero attached hydrogens (tertiary/aromatic N) is 1. The maximum Gasteiger partial charge on any atom is 0.409 e. The van der Waals surface area contributed by atoms with E-state index in [0.717, 1.165) is 6.07 Å². The van der Waals surface area contributed by atoms with Gasteiger partial charge in [0.2, 0.25) is 11.6 Å². The second-order valence-corrected chi connectivity index (χ2v) is 5.55. The molecule has 1 aromatic rings. The van der Waals surface area contributed by atoms with Gasteiger partial charge in [-0.2, -0.15) is 0 Å². The summed E-state index contributed by atoms with van der Waals surface area (Å²) >= 11 is 0. The molecule has 0 atom stereocenters. The molecule has 1 amide bonds. The molecule has 3 rings (SSSR count). The maximum atomic E-state index is 13.8. The highest BCUT2D eigenvalue weighted by Gasteiger charge is 2.51. The van der Waals surface area contributed by atoms with Gasteiger partial charge in [-0.3, -0.25) is 9.59 Å². The molecule has 1 spiro atoms. The van der Waals surface area contributed by atoms with Crippen LogP contribution in [0, 0.1) is 5.82 Å². The predicted octanol–water partition coefficient (Wildman–Crippen LogP) is 1.96. The lowest BCUT2D eigenvalue weighted by Gasteiger charge is -2.42. The predicted molar refractivity (Wildman–Crippen MR) is 76.9 cm³/mol. The van der Waals surface area contributed by atoms with Gasteiger partial charge in [-0.25, -0.2) is 9.18 Å². The van der Waals surface area contributed by atoms with Gasteiger partial charge < -0.3 is 14.4 Å². The van der Waals surface area contributed by atoms with Crippen molar-refractivity contribution in [3.8, 4) is 5.75 Å². The van der Waals surface area contributed by atoms with Crippen LogP contribution in [-0.2, 0) is 9.53 Å². The Hall–Kier alpha value is -2.44. The SMILES string of the molecule is CCOC(=O)N1CCC2(CC1)Oc1cccc(F)c1C(=O)C2=O. The topological polar surface area (TPSA) is 72.9 Å². The van der Waals surface area contributed by atoms with Gasteiger partial charge in [-0.1, -0.05) is 6.07 Å². The minimum Gasteiger partial charge on any atom is -0.478 e. The molecule has 1 saturated heterocycles. The van der Waals surface area contributed by atoms with Crippen LogP contribution in [0.3, 0.4) is 0 Å². The summed E-state index contributed by atoms with van der Waals surface area (Å²) in [6, 6.07) is 4.02. The van der Waals surface area contributed by atoms with Crippen molar-refractivity contribution in [3.63, 3.8) is 0 Å². The Bertz CT molecular complexity index is 679. The van der Waals surface area contributed by atoms with Crippen molar-refractivity contribution in [2.45, 2.75) is 25.4 Å². The van der Waals surface area contributed by atoms with Gasteiger partial charge in [-0.05, 0) is 19.1 Å². The first-order valence-electron chi connectivity index (χ1n) is 7.47. The molecule has 6 nitrogen and oxygen atoms in total. The van der Waals surface area contributed by atoms with Crippen molar-refractivity contribution in [1.29, 1.82) is 0 Å². The van der Waals surface area contributed by atoms with E-state index in [-0.39, 0.29) is 43.9 Å². The molecule has 1 aromatic carbocycles. The summed E-state index contributed by atoms with van der Waals surface area (Å²) in [5, 5.41) is 0. The second kappa shape index (κ2) is 5.64. The monoisotopic (exact) mass is 321 g/mol. The Balaban J connectivity index is 1.84. The number of hydrogen-bond donors (Lipinski definition) is 0. The molecule has 0 saturated carbocycles. The molecule has 0 bridgehead atoms. The van der Waals surface area contributed by atoms with Crippen LogP contribution in [0.2, 0.25) is 0 Å². The molecule has 1 fully saturated rings. The maximum absolute atomic E-state index is 13.8. The Kier molecular flexibility index (Phi) is 3.79. The van der Waals surface area contributed by atoms with Crippen LogP contribution in [0.15, 0.2) is 18.2 Å². The summed E-state index contributed by atoms with van der Waals surface area (Å²) in [6.45, 7) is 2.45. The Morgan fingerprint density at radius 1 is 1.35 bits per heavy atom. The summed E-state index contributed by atoms with van der Waals surface area (Å²) in [5.74, 6) is -2.30. The van der Waals surface area contributed by atoms with Gasteiger partial charge in [0.25, 0.3) is 0 Å². The number of halogens is 1. The fraction of sp³-hybridized carbons (Fsp3) is 0.438. The summed E-state index contributed by atoms with van der Waals surface area (Å²) in [6.07, 6.45) is -0.109. The third kappa shape index (κ3) is 2.46. The van der Waals surface area contributed by atoms with Gasteiger partial charge in [0, 0.05) is 25.9 Å². The number of ketones is 2. The highest BCUT2D eigenvalue weighted by Crippen LogP contribution is 2.38. The van der Waals surface area contributed by atoms with Crippen molar-refractivity contribution in [3.05, 3.63) is 29.6 Å². The fourth-order valence-electron chi connectivity index (χ4n) is 2.98. The number of piperidine rings is 1. The van der Waals surface area contributed by atoms with Crippen LogP contribution < -0.4 is 4.74 Å². The molecule has 7 heteroatoms. The molecule has 0 radical (unpaired) electrons. The number of ether oxygens (including phenoxy) is 2. The quantitative estimate of drug-likeness (QED) is 0.739. The molecule has 0 aromatic heterocycles. The van der Waals surface area contributed by atoms with Crippen molar-refractivity contribution < 1.29 is 28.2 Å². The van der Waals surface area contributed by atoms with Gasteiger partial charge >= 0.3 is 6.09 Å². The Morgan fingerprint density at radius 2 is 2.04 bits per heavy atom. The Labute approximate surface area is 132 Å².